The van der Waals surface area contributed by atoms with Gasteiger partial charge < -0.3 is 15.0 Å². The minimum absolute atomic E-state index is 0.111. The third kappa shape index (κ3) is 3.92. The lowest BCUT2D eigenvalue weighted by atomic mass is 9.98. The zero-order valence-corrected chi connectivity index (χ0v) is 22.4. The van der Waals surface area contributed by atoms with Crippen LogP contribution in [0.3, 0.4) is 0 Å². The topological polar surface area (TPSA) is 67.0 Å². The Kier molecular flexibility index (Phi) is 5.74. The van der Waals surface area contributed by atoms with Crippen LogP contribution in [0.2, 0.25) is 0 Å². The van der Waals surface area contributed by atoms with E-state index in [1.54, 1.807) is 11.3 Å². The first-order valence-electron chi connectivity index (χ1n) is 13.0. The number of para-hydroxylation sites is 5. The van der Waals surface area contributed by atoms with Gasteiger partial charge in [0.1, 0.15) is 11.8 Å². The summed E-state index contributed by atoms with van der Waals surface area (Å²) < 4.78 is 7.86. The lowest BCUT2D eigenvalue weighted by Crippen LogP contribution is -2.46. The molecule has 0 bridgehead atoms. The van der Waals surface area contributed by atoms with E-state index in [1.807, 2.05) is 66.2 Å². The van der Waals surface area contributed by atoms with Crippen LogP contribution in [0.4, 0.5) is 22.9 Å². The van der Waals surface area contributed by atoms with E-state index in [1.165, 1.54) is 4.88 Å². The van der Waals surface area contributed by atoms with Crippen molar-refractivity contribution in [3.05, 3.63) is 113 Å². The first kappa shape index (κ1) is 23.4. The number of ether oxygens (including phenoxy) is 1. The Morgan fingerprint density at radius 3 is 2.51 bits per heavy atom. The van der Waals surface area contributed by atoms with Gasteiger partial charge in [-0.3, -0.25) is 0 Å². The van der Waals surface area contributed by atoms with Gasteiger partial charge in [-0.1, -0.05) is 48.5 Å². The fourth-order valence-electron chi connectivity index (χ4n) is 5.24. The fourth-order valence-corrected chi connectivity index (χ4v) is 6.07. The van der Waals surface area contributed by atoms with Crippen molar-refractivity contribution in [2.24, 2.45) is 9.98 Å². The molecule has 39 heavy (non-hydrogen) atoms. The molecule has 7 nitrogen and oxygen atoms in total. The third-order valence-corrected chi connectivity index (χ3v) is 7.82. The highest BCUT2D eigenvalue weighted by molar-refractivity contribution is 7.10. The molecule has 0 saturated heterocycles. The van der Waals surface area contributed by atoms with Gasteiger partial charge in [0, 0.05) is 10.4 Å². The molecular weight excluding hydrogens is 504 g/mol. The van der Waals surface area contributed by atoms with Crippen LogP contribution in [-0.4, -0.2) is 28.1 Å². The molecule has 1 atom stereocenters. The van der Waals surface area contributed by atoms with Crippen molar-refractivity contribution in [3.8, 4) is 11.4 Å². The lowest BCUT2D eigenvalue weighted by Gasteiger charge is -2.40. The van der Waals surface area contributed by atoms with Crippen LogP contribution in [-0.2, 0) is 0 Å². The summed E-state index contributed by atoms with van der Waals surface area (Å²) in [5.74, 6) is 2.98. The largest absolute Gasteiger partial charge is 0.492 e. The Hall–Kier alpha value is -4.69. The normalized spacial score (nSPS) is 15.5. The summed E-state index contributed by atoms with van der Waals surface area (Å²) in [5.41, 5.74) is 5.74. The molecule has 0 fully saturated rings. The SMILES string of the molecule is CCOc1ccccc1NC1=Nc2ccccc2N2C1=Nc1c(c(C)nn1-c1ccccc1)[C@@H]2c1cccs1. The molecule has 0 spiro atoms. The van der Waals surface area contributed by atoms with Gasteiger partial charge in [-0.05, 0) is 61.7 Å². The number of hydrogen-bond acceptors (Lipinski definition) is 7. The first-order chi connectivity index (χ1) is 19.2. The molecule has 1 N–H and O–H groups in total. The van der Waals surface area contributed by atoms with Gasteiger partial charge >= 0.3 is 0 Å². The highest BCUT2D eigenvalue weighted by atomic mass is 32.1. The number of hydrogen-bond donors (Lipinski definition) is 1. The van der Waals surface area contributed by atoms with Crippen LogP contribution < -0.4 is 15.0 Å². The molecular formula is C31H26N6OS. The summed E-state index contributed by atoms with van der Waals surface area (Å²) >= 11 is 1.74. The van der Waals surface area contributed by atoms with Crippen molar-refractivity contribution in [2.75, 3.05) is 16.8 Å². The number of rotatable bonds is 5. The monoisotopic (exact) mass is 530 g/mol. The van der Waals surface area contributed by atoms with Crippen molar-refractivity contribution in [2.45, 2.75) is 19.9 Å². The predicted molar refractivity (Wildman–Crippen MR) is 159 cm³/mol. The fraction of sp³-hybridized carbons (Fsp3) is 0.129. The molecule has 0 radical (unpaired) electrons. The summed E-state index contributed by atoms with van der Waals surface area (Å²) in [6.45, 7) is 4.62. The summed E-state index contributed by atoms with van der Waals surface area (Å²) in [4.78, 5) is 13.9. The second kappa shape index (κ2) is 9.56. The van der Waals surface area contributed by atoms with Gasteiger partial charge in [-0.15, -0.1) is 11.3 Å². The molecule has 0 saturated carbocycles. The summed E-state index contributed by atoms with van der Waals surface area (Å²) in [7, 11) is 0. The maximum atomic E-state index is 5.92. The highest BCUT2D eigenvalue weighted by Crippen LogP contribution is 2.49. The van der Waals surface area contributed by atoms with Crippen molar-refractivity contribution < 1.29 is 4.74 Å². The number of aryl methyl sites for hydroxylation is 1. The molecule has 2 aliphatic rings. The Balaban J connectivity index is 1.47. The van der Waals surface area contributed by atoms with Crippen LogP contribution in [0.5, 0.6) is 5.75 Å². The number of anilines is 2. The van der Waals surface area contributed by atoms with Crippen molar-refractivity contribution >= 4 is 45.9 Å². The number of aromatic nitrogens is 2. The quantitative estimate of drug-likeness (QED) is 0.256. The standard InChI is InChI=1S/C31H26N6OS/c1-3-38-25-17-10-8-15-23(25)33-29-31-34-30-27(20(2)35-37(30)21-12-5-4-6-13-21)28(26-18-11-19-39-26)36(31)24-16-9-7-14-22(24)32-29/h4-19,28H,3H2,1-2H3,(H,32,33)/t28-/m0/s1. The van der Waals surface area contributed by atoms with Crippen LogP contribution in [0.25, 0.3) is 5.69 Å². The highest BCUT2D eigenvalue weighted by Gasteiger charge is 2.42. The second-order valence-electron chi connectivity index (χ2n) is 9.30. The number of aliphatic imine (C=N–C) groups is 2. The molecule has 0 amide bonds. The average molecular weight is 531 g/mol. The Labute approximate surface area is 230 Å². The number of thiophene rings is 1. The molecule has 8 heteroatoms. The first-order valence-corrected chi connectivity index (χ1v) is 13.8. The average Bonchev–Trinajstić information content (AvgIpc) is 3.62. The maximum absolute atomic E-state index is 5.92. The molecule has 4 heterocycles. The van der Waals surface area contributed by atoms with Gasteiger partial charge in [0.25, 0.3) is 0 Å². The van der Waals surface area contributed by atoms with Gasteiger partial charge in [-0.25, -0.2) is 14.7 Å². The van der Waals surface area contributed by atoms with E-state index in [-0.39, 0.29) is 6.04 Å². The molecule has 3 aromatic carbocycles. The molecule has 192 valence electrons. The van der Waals surface area contributed by atoms with Crippen LogP contribution in [0, 0.1) is 6.92 Å². The number of benzene rings is 3. The third-order valence-electron chi connectivity index (χ3n) is 6.89. The van der Waals surface area contributed by atoms with Crippen molar-refractivity contribution in [1.29, 1.82) is 0 Å². The van der Waals surface area contributed by atoms with Crippen LogP contribution in [0.1, 0.15) is 29.1 Å². The molecule has 7 rings (SSSR count). The summed E-state index contributed by atoms with van der Waals surface area (Å²) in [5, 5.41) is 10.7. The van der Waals surface area contributed by atoms with E-state index in [0.717, 1.165) is 51.4 Å². The van der Waals surface area contributed by atoms with Crippen molar-refractivity contribution in [1.82, 2.24) is 9.78 Å². The van der Waals surface area contributed by atoms with E-state index < -0.39 is 0 Å². The number of amidine groups is 2. The van der Waals surface area contributed by atoms with E-state index in [0.29, 0.717) is 12.4 Å². The molecule has 0 aliphatic carbocycles. The second-order valence-corrected chi connectivity index (χ2v) is 10.3. The minimum Gasteiger partial charge on any atom is -0.492 e. The Morgan fingerprint density at radius 2 is 1.69 bits per heavy atom. The Bertz CT molecular complexity index is 1720. The summed E-state index contributed by atoms with van der Waals surface area (Å²) in [6, 6.07) is 30.5. The van der Waals surface area contributed by atoms with Gasteiger partial charge in [-0.2, -0.15) is 5.10 Å². The molecule has 2 aliphatic heterocycles. The zero-order chi connectivity index (χ0) is 26.3. The lowest BCUT2D eigenvalue weighted by molar-refractivity contribution is 0.342. The number of nitrogens with one attached hydrogen (secondary N) is 1. The molecule has 0 unspecified atom stereocenters. The van der Waals surface area contributed by atoms with E-state index in [9.17, 15) is 0 Å². The van der Waals surface area contributed by atoms with Gasteiger partial charge in [0.15, 0.2) is 17.5 Å². The molecule has 5 aromatic rings. The van der Waals surface area contributed by atoms with Gasteiger partial charge in [0.05, 0.1) is 35.1 Å². The number of fused-ring (bicyclic) bond motifs is 4. The van der Waals surface area contributed by atoms with Crippen LogP contribution in [0.15, 0.2) is 106 Å². The Morgan fingerprint density at radius 1 is 0.897 bits per heavy atom. The van der Waals surface area contributed by atoms with E-state index in [4.69, 9.17) is 19.8 Å². The van der Waals surface area contributed by atoms with Crippen LogP contribution >= 0.6 is 11.3 Å². The maximum Gasteiger partial charge on any atom is 0.179 e. The predicted octanol–water partition coefficient (Wildman–Crippen LogP) is 7.44. The van der Waals surface area contributed by atoms with E-state index in [2.05, 4.69) is 58.9 Å². The minimum atomic E-state index is -0.111. The summed E-state index contributed by atoms with van der Waals surface area (Å²) in [6.07, 6.45) is 0. The van der Waals surface area contributed by atoms with Gasteiger partial charge in [0.2, 0.25) is 0 Å². The van der Waals surface area contributed by atoms with Crippen molar-refractivity contribution in [3.63, 3.8) is 0 Å². The smallest absolute Gasteiger partial charge is 0.179 e. The molecule has 2 aromatic heterocycles. The zero-order valence-electron chi connectivity index (χ0n) is 21.6. The number of nitrogens with zero attached hydrogens (tertiary/aromatic N) is 5. The van der Waals surface area contributed by atoms with E-state index >= 15 is 0 Å².